The maximum absolute atomic E-state index is 13.8. The molecule has 0 bridgehead atoms. The number of benzene rings is 1. The fraction of sp³-hybridized carbons (Fsp3) is 0.440. The van der Waals surface area contributed by atoms with Crippen molar-refractivity contribution in [3.63, 3.8) is 0 Å². The molecule has 0 fully saturated rings. The zero-order chi connectivity index (χ0) is 30.1. The van der Waals surface area contributed by atoms with E-state index in [4.69, 9.17) is 29.7 Å². The Labute approximate surface area is 230 Å². The minimum atomic E-state index is -4.41. The molecule has 1 unspecified atom stereocenters. The average molecular weight is 582 g/mol. The molecule has 40 heavy (non-hydrogen) atoms. The van der Waals surface area contributed by atoms with E-state index in [-0.39, 0.29) is 5.75 Å². The number of para-hydroxylation sites is 1. The first-order valence-electron chi connectivity index (χ1n) is 11.9. The molecule has 218 valence electrons. The number of hydrogen-bond donors (Lipinski definition) is 3. The Kier molecular flexibility index (Phi) is 11.4. The number of carbonyl (C=O) groups excluding carboxylic acids is 2. The van der Waals surface area contributed by atoms with Gasteiger partial charge >= 0.3 is 25.4 Å². The largest absolute Gasteiger partial charge is 0.462 e. The summed E-state index contributed by atoms with van der Waals surface area (Å²) in [5.41, 5.74) is -4.59. The van der Waals surface area contributed by atoms with Gasteiger partial charge in [-0.15, -0.1) is 6.42 Å². The molecule has 0 saturated heterocycles. The quantitative estimate of drug-likeness (QED) is 0.163. The van der Waals surface area contributed by atoms with Crippen molar-refractivity contribution >= 4 is 19.7 Å². The predicted molar refractivity (Wildman–Crippen MR) is 141 cm³/mol. The highest BCUT2D eigenvalue weighted by atomic mass is 31.2. The second-order valence-corrected chi connectivity index (χ2v) is 10.4. The monoisotopic (exact) mass is 581 g/mol. The zero-order valence-corrected chi connectivity index (χ0v) is 23.5. The van der Waals surface area contributed by atoms with Gasteiger partial charge in [0.1, 0.15) is 17.9 Å². The Hall–Kier alpha value is -3.73. The number of ether oxygens (including phenoxy) is 3. The summed E-state index contributed by atoms with van der Waals surface area (Å²) in [6.07, 6.45) is 2.69. The van der Waals surface area contributed by atoms with Gasteiger partial charge in [0.2, 0.25) is 0 Å². The standard InChI is InChI=1S/C25H32N3O11P/c1-7-25(33,28-14-13-21(30)26-24(28)32)22(38-18(5)29)20(35-6)15-36-40(34,39-19-11-9-8-10-12-19)27-17(4)23(31)37-16(2)3/h1,8-14,16-17,20,22,33H,15H2,2-6H3,(H,27,34)(H,26,30,32)/t17-,20+,22+,25+,40?/m0/s1. The Morgan fingerprint density at radius 2 is 1.82 bits per heavy atom. The van der Waals surface area contributed by atoms with Gasteiger partial charge in [-0.1, -0.05) is 18.2 Å². The molecule has 2 aromatic rings. The summed E-state index contributed by atoms with van der Waals surface area (Å²) in [7, 11) is -3.26. The first-order valence-corrected chi connectivity index (χ1v) is 13.5. The number of hydrogen-bond acceptors (Lipinski definition) is 11. The first-order chi connectivity index (χ1) is 18.7. The molecule has 1 aromatic carbocycles. The Morgan fingerprint density at radius 1 is 1.18 bits per heavy atom. The second-order valence-electron chi connectivity index (χ2n) is 8.69. The van der Waals surface area contributed by atoms with Crippen molar-refractivity contribution in [2.24, 2.45) is 0 Å². The normalized spacial score (nSPS) is 16.4. The molecular weight excluding hydrogens is 549 g/mol. The zero-order valence-electron chi connectivity index (χ0n) is 22.6. The first kappa shape index (κ1) is 32.5. The van der Waals surface area contributed by atoms with Gasteiger partial charge in [0.25, 0.3) is 11.3 Å². The molecule has 1 heterocycles. The number of aromatic amines is 1. The third kappa shape index (κ3) is 8.64. The number of terminal acetylenes is 1. The van der Waals surface area contributed by atoms with Crippen molar-refractivity contribution in [3.05, 3.63) is 63.4 Å². The Morgan fingerprint density at radius 3 is 2.35 bits per heavy atom. The highest BCUT2D eigenvalue weighted by Gasteiger charge is 2.47. The van der Waals surface area contributed by atoms with E-state index in [1.54, 1.807) is 32.0 Å². The predicted octanol–water partition coefficient (Wildman–Crippen LogP) is 0.895. The summed E-state index contributed by atoms with van der Waals surface area (Å²) in [5.74, 6) is 0.437. The summed E-state index contributed by atoms with van der Waals surface area (Å²) in [4.78, 5) is 50.3. The third-order valence-corrected chi connectivity index (χ3v) is 6.81. The average Bonchev–Trinajstić information content (AvgIpc) is 2.87. The van der Waals surface area contributed by atoms with Crippen molar-refractivity contribution in [2.45, 2.75) is 57.8 Å². The van der Waals surface area contributed by atoms with Crippen LogP contribution in [0.5, 0.6) is 5.75 Å². The maximum atomic E-state index is 13.8. The van der Waals surface area contributed by atoms with Gasteiger partial charge in [0, 0.05) is 26.3 Å². The molecule has 5 atom stereocenters. The van der Waals surface area contributed by atoms with Crippen LogP contribution >= 0.6 is 7.75 Å². The molecule has 0 radical (unpaired) electrons. The van der Waals surface area contributed by atoms with Gasteiger partial charge in [-0.2, -0.15) is 5.09 Å². The number of esters is 2. The molecule has 0 spiro atoms. The summed E-state index contributed by atoms with van der Waals surface area (Å²) < 4.78 is 41.2. The molecule has 15 heteroatoms. The van der Waals surface area contributed by atoms with E-state index >= 15 is 0 Å². The van der Waals surface area contributed by atoms with Crippen LogP contribution in [0, 0.1) is 12.3 Å². The molecule has 0 saturated carbocycles. The summed E-state index contributed by atoms with van der Waals surface area (Å²) in [6, 6.07) is 7.65. The number of aliphatic hydroxyl groups is 1. The molecule has 0 amide bonds. The summed E-state index contributed by atoms with van der Waals surface area (Å²) >= 11 is 0. The summed E-state index contributed by atoms with van der Waals surface area (Å²) in [6.45, 7) is 4.96. The van der Waals surface area contributed by atoms with E-state index in [1.165, 1.54) is 19.1 Å². The number of nitrogens with zero attached hydrogens (tertiary/aromatic N) is 1. The lowest BCUT2D eigenvalue weighted by atomic mass is 10.0. The highest BCUT2D eigenvalue weighted by molar-refractivity contribution is 7.52. The van der Waals surface area contributed by atoms with Crippen molar-refractivity contribution in [1.29, 1.82) is 0 Å². The van der Waals surface area contributed by atoms with Crippen LogP contribution in [0.25, 0.3) is 0 Å². The Bertz CT molecular complexity index is 1370. The SMILES string of the molecule is C#C[C@@](O)([C@H](OC(C)=O)[C@@H](COP(=O)(N[C@@H](C)C(=O)OC(C)C)Oc1ccccc1)OC)n1ccc(=O)[nH]c1=O. The van der Waals surface area contributed by atoms with E-state index in [9.17, 15) is 28.8 Å². The number of nitrogens with one attached hydrogen (secondary N) is 2. The smallest absolute Gasteiger partial charge is 0.459 e. The molecule has 2 rings (SSSR count). The van der Waals surface area contributed by atoms with Gasteiger partial charge < -0.3 is 23.8 Å². The van der Waals surface area contributed by atoms with Gasteiger partial charge in [-0.3, -0.25) is 28.5 Å². The number of carbonyl (C=O) groups is 2. The van der Waals surface area contributed by atoms with Crippen molar-refractivity contribution in [2.75, 3.05) is 13.7 Å². The van der Waals surface area contributed by atoms with Crippen molar-refractivity contribution in [1.82, 2.24) is 14.6 Å². The van der Waals surface area contributed by atoms with Crippen molar-refractivity contribution in [3.8, 4) is 18.1 Å². The fourth-order valence-corrected chi connectivity index (χ4v) is 4.86. The number of methoxy groups -OCH3 is 1. The van der Waals surface area contributed by atoms with Crippen LogP contribution in [-0.2, 0) is 38.6 Å². The van der Waals surface area contributed by atoms with Crippen LogP contribution in [0.15, 0.2) is 52.2 Å². The van der Waals surface area contributed by atoms with Gasteiger partial charge in [-0.05, 0) is 38.8 Å². The van der Waals surface area contributed by atoms with Gasteiger partial charge in [0.15, 0.2) is 6.10 Å². The minimum absolute atomic E-state index is 0.119. The van der Waals surface area contributed by atoms with Crippen LogP contribution in [-0.4, -0.2) is 64.7 Å². The van der Waals surface area contributed by atoms with Crippen LogP contribution < -0.4 is 20.9 Å². The molecule has 14 nitrogen and oxygen atoms in total. The number of H-pyrrole nitrogens is 1. The lowest BCUT2D eigenvalue weighted by molar-refractivity contribution is -0.191. The van der Waals surface area contributed by atoms with Crippen LogP contribution in [0.4, 0.5) is 0 Å². The maximum Gasteiger partial charge on any atom is 0.459 e. The van der Waals surface area contributed by atoms with E-state index in [1.807, 2.05) is 10.9 Å². The molecule has 0 aliphatic heterocycles. The van der Waals surface area contributed by atoms with Crippen molar-refractivity contribution < 1.29 is 42.5 Å². The Balaban J connectivity index is 2.45. The van der Waals surface area contributed by atoms with E-state index < -0.39 is 67.6 Å². The summed E-state index contributed by atoms with van der Waals surface area (Å²) in [5, 5.41) is 13.8. The number of aromatic nitrogens is 2. The molecule has 1 aromatic heterocycles. The van der Waals surface area contributed by atoms with E-state index in [0.717, 1.165) is 26.3 Å². The highest BCUT2D eigenvalue weighted by Crippen LogP contribution is 2.45. The van der Waals surface area contributed by atoms with Crippen LogP contribution in [0.2, 0.25) is 0 Å². The lowest BCUT2D eigenvalue weighted by Gasteiger charge is -2.36. The van der Waals surface area contributed by atoms with Crippen LogP contribution in [0.3, 0.4) is 0 Å². The number of rotatable bonds is 14. The lowest BCUT2D eigenvalue weighted by Crippen LogP contribution is -2.57. The fourth-order valence-electron chi connectivity index (χ4n) is 3.36. The molecule has 0 aliphatic carbocycles. The van der Waals surface area contributed by atoms with E-state index in [2.05, 4.69) is 5.09 Å². The molecule has 3 N–H and O–H groups in total. The second kappa shape index (κ2) is 14.1. The minimum Gasteiger partial charge on any atom is -0.462 e. The molecular formula is C25H32N3O11P. The molecule has 0 aliphatic rings. The van der Waals surface area contributed by atoms with E-state index in [0.29, 0.717) is 4.57 Å². The topological polar surface area (TPSA) is 184 Å². The van der Waals surface area contributed by atoms with Gasteiger partial charge in [-0.25, -0.2) is 9.36 Å². The third-order valence-electron chi connectivity index (χ3n) is 5.17. The van der Waals surface area contributed by atoms with Crippen LogP contribution in [0.1, 0.15) is 27.7 Å². The van der Waals surface area contributed by atoms with Gasteiger partial charge in [0.05, 0.1) is 12.7 Å².